The molecule has 2 aromatic rings. The molecule has 0 unspecified atom stereocenters. The second-order valence-corrected chi connectivity index (χ2v) is 13.5. The molecule has 1 N–H and O–H groups in total. The van der Waals surface area contributed by atoms with Gasteiger partial charge in [0.05, 0.1) is 12.2 Å². The Bertz CT molecular complexity index is 966. The second kappa shape index (κ2) is 14.8. The number of benzene rings is 2. The summed E-state index contributed by atoms with van der Waals surface area (Å²) < 4.78 is 22.4. The van der Waals surface area contributed by atoms with Crippen LogP contribution < -0.4 is 0 Å². The monoisotopic (exact) mass is 542 g/mol. The van der Waals surface area contributed by atoms with Gasteiger partial charge in [-0.3, -0.25) is 9.05 Å². The van der Waals surface area contributed by atoms with E-state index < -0.39 is 7.82 Å². The van der Waals surface area contributed by atoms with E-state index in [1.807, 2.05) is 0 Å². The maximum atomic E-state index is 11.9. The predicted molar refractivity (Wildman–Crippen MR) is 160 cm³/mol. The van der Waals surface area contributed by atoms with E-state index in [-0.39, 0.29) is 12.2 Å². The van der Waals surface area contributed by atoms with Gasteiger partial charge in [-0.15, -0.1) is 0 Å². The van der Waals surface area contributed by atoms with Crippen LogP contribution in [0.2, 0.25) is 0 Å². The third kappa shape index (κ3) is 9.33. The van der Waals surface area contributed by atoms with E-state index in [9.17, 15) is 9.46 Å². The average Bonchev–Trinajstić information content (AvgIpc) is 2.89. The van der Waals surface area contributed by atoms with Gasteiger partial charge in [0.15, 0.2) is 0 Å². The molecule has 0 saturated heterocycles. The van der Waals surface area contributed by atoms with Gasteiger partial charge >= 0.3 is 7.82 Å². The van der Waals surface area contributed by atoms with Crippen LogP contribution in [-0.4, -0.2) is 17.1 Å². The third-order valence-corrected chi connectivity index (χ3v) is 8.99. The summed E-state index contributed by atoms with van der Waals surface area (Å²) in [6.45, 7) is 13.8. The molecule has 2 aliphatic carbocycles. The Hall–Kier alpha value is -1.45. The molecule has 0 aliphatic heterocycles. The molecule has 4 nitrogen and oxygen atoms in total. The van der Waals surface area contributed by atoms with E-state index in [0.717, 1.165) is 51.4 Å². The Morgan fingerprint density at radius 1 is 0.684 bits per heavy atom. The zero-order chi connectivity index (χ0) is 27.7. The second-order valence-electron chi connectivity index (χ2n) is 12.1. The summed E-state index contributed by atoms with van der Waals surface area (Å²) in [5.41, 5.74) is 7.22. The van der Waals surface area contributed by atoms with Gasteiger partial charge in [-0.05, 0) is 71.3 Å². The lowest BCUT2D eigenvalue weighted by Crippen LogP contribution is -2.20. The van der Waals surface area contributed by atoms with Gasteiger partial charge < -0.3 is 4.89 Å². The predicted octanol–water partition coefficient (Wildman–Crippen LogP) is 10.5. The van der Waals surface area contributed by atoms with E-state index >= 15 is 0 Å². The van der Waals surface area contributed by atoms with Crippen LogP contribution in [0.4, 0.5) is 0 Å². The van der Waals surface area contributed by atoms with Crippen molar-refractivity contribution in [3.8, 4) is 11.1 Å². The van der Waals surface area contributed by atoms with Crippen LogP contribution in [0, 0.1) is 0 Å². The van der Waals surface area contributed by atoms with Crippen LogP contribution in [0.15, 0.2) is 42.5 Å². The molecule has 0 amide bonds. The van der Waals surface area contributed by atoms with E-state index in [1.165, 1.54) is 40.7 Å². The van der Waals surface area contributed by atoms with Crippen LogP contribution in [0.1, 0.15) is 140 Å². The Labute approximate surface area is 232 Å². The first-order chi connectivity index (χ1) is 18.1. The highest BCUT2D eigenvalue weighted by atomic mass is 31.2. The van der Waals surface area contributed by atoms with Crippen molar-refractivity contribution in [2.75, 3.05) is 0 Å². The SMILES string of the molecule is CC(C)c1cc(C(C)C)c(-c2ccccc2)c(C(C)C)c1.O=P(O)(OC1CCCCC1)OC1CCCCC1. The molecule has 0 atom stereocenters. The highest BCUT2D eigenvalue weighted by Crippen LogP contribution is 2.49. The van der Waals surface area contributed by atoms with Gasteiger partial charge in [0.25, 0.3) is 0 Å². The number of phosphoric acid groups is 1. The van der Waals surface area contributed by atoms with Gasteiger partial charge in [-0.25, -0.2) is 4.57 Å². The third-order valence-electron chi connectivity index (χ3n) is 7.86. The zero-order valence-corrected chi connectivity index (χ0v) is 25.5. The fourth-order valence-corrected chi connectivity index (χ4v) is 6.86. The smallest absolute Gasteiger partial charge is 0.302 e. The lowest BCUT2D eigenvalue weighted by atomic mass is 9.82. The molecular formula is C33H51O4P. The average molecular weight is 543 g/mol. The number of hydrogen-bond acceptors (Lipinski definition) is 3. The topological polar surface area (TPSA) is 55.8 Å². The van der Waals surface area contributed by atoms with Gasteiger partial charge in [-0.1, -0.05) is 123 Å². The highest BCUT2D eigenvalue weighted by Gasteiger charge is 2.31. The summed E-state index contributed by atoms with van der Waals surface area (Å²) >= 11 is 0. The van der Waals surface area contributed by atoms with E-state index in [1.54, 1.807) is 0 Å². The van der Waals surface area contributed by atoms with Crippen molar-refractivity contribution >= 4 is 7.82 Å². The van der Waals surface area contributed by atoms with Crippen molar-refractivity contribution in [3.63, 3.8) is 0 Å². The number of rotatable bonds is 8. The molecule has 212 valence electrons. The van der Waals surface area contributed by atoms with E-state index in [4.69, 9.17) is 9.05 Å². The summed E-state index contributed by atoms with van der Waals surface area (Å²) in [6, 6.07) is 15.7. The molecule has 38 heavy (non-hydrogen) atoms. The minimum Gasteiger partial charge on any atom is -0.302 e. The summed E-state index contributed by atoms with van der Waals surface area (Å²) in [5, 5.41) is 0. The summed E-state index contributed by atoms with van der Waals surface area (Å²) in [7, 11) is -3.83. The Morgan fingerprint density at radius 3 is 1.47 bits per heavy atom. The van der Waals surface area contributed by atoms with Gasteiger partial charge in [0.1, 0.15) is 0 Å². The lowest BCUT2D eigenvalue weighted by molar-refractivity contribution is 0.0476. The number of phosphoric ester groups is 1. The molecular weight excluding hydrogens is 491 g/mol. The largest absolute Gasteiger partial charge is 0.472 e. The van der Waals surface area contributed by atoms with Gasteiger partial charge in [0, 0.05) is 0 Å². The molecule has 5 heteroatoms. The molecule has 2 saturated carbocycles. The van der Waals surface area contributed by atoms with Crippen LogP contribution in [-0.2, 0) is 13.6 Å². The molecule has 2 aliphatic rings. The Balaban J connectivity index is 0.000000215. The van der Waals surface area contributed by atoms with Crippen molar-refractivity contribution in [3.05, 3.63) is 59.2 Å². The minimum absolute atomic E-state index is 0.0804. The summed E-state index contributed by atoms with van der Waals surface area (Å²) in [4.78, 5) is 9.73. The quantitative estimate of drug-likeness (QED) is 0.337. The molecule has 0 bridgehead atoms. The van der Waals surface area contributed by atoms with E-state index in [0.29, 0.717) is 17.8 Å². The van der Waals surface area contributed by atoms with E-state index in [2.05, 4.69) is 84.0 Å². The molecule has 2 aromatic carbocycles. The minimum atomic E-state index is -3.83. The maximum Gasteiger partial charge on any atom is 0.472 e. The molecule has 4 rings (SSSR count). The fraction of sp³-hybridized carbons (Fsp3) is 0.636. The maximum absolute atomic E-state index is 11.9. The number of hydrogen-bond donors (Lipinski definition) is 1. The van der Waals surface area contributed by atoms with Crippen LogP contribution in [0.3, 0.4) is 0 Å². The molecule has 0 aromatic heterocycles. The lowest BCUT2D eigenvalue weighted by Gasteiger charge is -2.27. The zero-order valence-electron chi connectivity index (χ0n) is 24.6. The van der Waals surface area contributed by atoms with Crippen LogP contribution in [0.25, 0.3) is 11.1 Å². The normalized spacial score (nSPS) is 17.6. The molecule has 0 spiro atoms. The molecule has 2 fully saturated rings. The fourth-order valence-electron chi connectivity index (χ4n) is 5.64. The Kier molecular flexibility index (Phi) is 12.1. The van der Waals surface area contributed by atoms with Gasteiger partial charge in [0.2, 0.25) is 0 Å². The van der Waals surface area contributed by atoms with Crippen LogP contribution >= 0.6 is 7.82 Å². The highest BCUT2D eigenvalue weighted by molar-refractivity contribution is 7.47. The first kappa shape index (κ1) is 31.1. The van der Waals surface area contributed by atoms with Gasteiger partial charge in [-0.2, -0.15) is 0 Å². The first-order valence-corrected chi connectivity index (χ1v) is 16.5. The van der Waals surface area contributed by atoms with Crippen molar-refractivity contribution in [1.82, 2.24) is 0 Å². The van der Waals surface area contributed by atoms with Crippen molar-refractivity contribution < 1.29 is 18.5 Å². The first-order valence-electron chi connectivity index (χ1n) is 15.0. The van der Waals surface area contributed by atoms with Crippen molar-refractivity contribution in [2.45, 2.75) is 136 Å². The van der Waals surface area contributed by atoms with Crippen molar-refractivity contribution in [1.29, 1.82) is 0 Å². The summed E-state index contributed by atoms with van der Waals surface area (Å²) in [5.74, 6) is 1.65. The molecule has 0 radical (unpaired) electrons. The van der Waals surface area contributed by atoms with Crippen LogP contribution in [0.5, 0.6) is 0 Å². The standard InChI is InChI=1S/C21H28.C12H23O4P/c1-14(2)18-12-19(15(3)4)21(20(13-18)16(5)6)17-10-8-7-9-11-17;13-17(14,15-11-7-3-1-4-8-11)16-12-9-5-2-6-10-12/h7-16H,1-6H3;11-12H,1-10H2,(H,13,14). The Morgan fingerprint density at radius 2 is 1.11 bits per heavy atom. The van der Waals surface area contributed by atoms with Crippen molar-refractivity contribution in [2.24, 2.45) is 0 Å². The molecule has 0 heterocycles. The summed E-state index contributed by atoms with van der Waals surface area (Å²) in [6.07, 6.45) is 10.2.